The van der Waals surface area contributed by atoms with Crippen molar-refractivity contribution in [2.45, 2.75) is 4.90 Å². The summed E-state index contributed by atoms with van der Waals surface area (Å²) in [6, 6.07) is 20.3. The van der Waals surface area contributed by atoms with Gasteiger partial charge in [0.2, 0.25) is 0 Å². The summed E-state index contributed by atoms with van der Waals surface area (Å²) in [6.07, 6.45) is 3.48. The second kappa shape index (κ2) is 8.31. The molecule has 0 radical (unpaired) electrons. The molecule has 0 aliphatic heterocycles. The lowest BCUT2D eigenvalue weighted by molar-refractivity contribution is 0.482. The van der Waals surface area contributed by atoms with Crippen molar-refractivity contribution in [2.24, 2.45) is 5.14 Å². The molecule has 3 N–H and O–H groups in total. The maximum absolute atomic E-state index is 11.3. The Morgan fingerprint density at radius 2 is 1.97 bits per heavy atom. The van der Waals surface area contributed by atoms with E-state index in [1.807, 2.05) is 36.4 Å². The Morgan fingerprint density at radius 1 is 1.16 bits per heavy atom. The predicted molar refractivity (Wildman–Crippen MR) is 121 cm³/mol. The molecule has 4 rings (SSSR count). The van der Waals surface area contributed by atoms with Crippen LogP contribution in [0.4, 0.5) is 5.69 Å². The maximum atomic E-state index is 11.3. The van der Waals surface area contributed by atoms with Crippen LogP contribution in [-0.4, -0.2) is 24.3 Å². The third kappa shape index (κ3) is 4.49. The molecule has 1 aromatic heterocycles. The smallest absolute Gasteiger partial charge is 0.370 e. The molecular weight excluding hydrogens is 434 g/mol. The van der Waals surface area contributed by atoms with Crippen LogP contribution >= 0.6 is 11.8 Å². The topological polar surface area (TPSA) is 123 Å². The summed E-state index contributed by atoms with van der Waals surface area (Å²) in [4.78, 5) is 4.94. The number of hydrogen-bond donors (Lipinski definition) is 2. The number of thioether (sulfide) groups is 1. The second-order valence-corrected chi connectivity index (χ2v) is 8.53. The van der Waals surface area contributed by atoms with Gasteiger partial charge in [-0.25, -0.2) is 9.66 Å². The Bertz CT molecular complexity index is 1420. The van der Waals surface area contributed by atoms with Gasteiger partial charge in [-0.2, -0.15) is 18.8 Å². The van der Waals surface area contributed by atoms with E-state index in [4.69, 9.17) is 9.32 Å². The minimum Gasteiger partial charge on any atom is -0.370 e. The summed E-state index contributed by atoms with van der Waals surface area (Å²) >= 11 is 1.31. The lowest BCUT2D eigenvalue weighted by Crippen LogP contribution is -2.19. The number of rotatable bonds is 6. The monoisotopic (exact) mass is 451 g/mol. The number of para-hydroxylation sites is 2. The fourth-order valence-corrected chi connectivity index (χ4v) is 4.17. The van der Waals surface area contributed by atoms with Crippen molar-refractivity contribution >= 4 is 38.8 Å². The zero-order valence-corrected chi connectivity index (χ0v) is 17.9. The average Bonchev–Trinajstić information content (AvgIpc) is 3.16. The molecule has 3 aromatic carbocycles. The number of nitrogens with zero attached hydrogens (tertiary/aromatic N) is 3. The first-order valence-electron chi connectivity index (χ1n) is 9.02. The summed E-state index contributed by atoms with van der Waals surface area (Å²) < 4.78 is 29.3. The first-order valence-corrected chi connectivity index (χ1v) is 11.7. The first kappa shape index (κ1) is 20.7. The van der Waals surface area contributed by atoms with Crippen LogP contribution in [-0.2, 0) is 10.3 Å². The van der Waals surface area contributed by atoms with Crippen LogP contribution in [0.5, 0.6) is 5.75 Å². The van der Waals surface area contributed by atoms with Crippen molar-refractivity contribution in [3.8, 4) is 22.9 Å². The number of aromatic nitrogens is 2. The van der Waals surface area contributed by atoms with Crippen LogP contribution in [0.25, 0.3) is 22.2 Å². The van der Waals surface area contributed by atoms with Crippen LogP contribution in [0.15, 0.2) is 71.9 Å². The normalized spacial score (nSPS) is 11.3. The zero-order valence-electron chi connectivity index (χ0n) is 16.3. The summed E-state index contributed by atoms with van der Waals surface area (Å²) in [7, 11) is -4.14. The molecule has 8 nitrogen and oxygen atoms in total. The van der Waals surface area contributed by atoms with Gasteiger partial charge >= 0.3 is 10.3 Å². The van der Waals surface area contributed by atoms with E-state index < -0.39 is 10.3 Å². The Hall–Kier alpha value is -3.52. The average molecular weight is 452 g/mol. The Balaban J connectivity index is 1.74. The van der Waals surface area contributed by atoms with Crippen molar-refractivity contribution in [3.63, 3.8) is 0 Å². The van der Waals surface area contributed by atoms with Crippen molar-refractivity contribution in [1.82, 2.24) is 9.66 Å². The molecule has 10 heteroatoms. The fourth-order valence-electron chi connectivity index (χ4n) is 3.17. The number of hydrogen-bond acceptors (Lipinski definition) is 7. The summed E-state index contributed by atoms with van der Waals surface area (Å²) in [5.41, 5.74) is 7.72. The van der Waals surface area contributed by atoms with Crippen LogP contribution < -0.4 is 14.7 Å². The molecule has 156 valence electrons. The van der Waals surface area contributed by atoms with Crippen LogP contribution in [0.2, 0.25) is 0 Å². The number of nitrogens with two attached hydrogens (primary N) is 1. The zero-order chi connectivity index (χ0) is 22.0. The molecule has 0 amide bonds. The van der Waals surface area contributed by atoms with Crippen molar-refractivity contribution in [1.29, 1.82) is 5.26 Å². The Kier molecular flexibility index (Phi) is 5.56. The van der Waals surface area contributed by atoms with Gasteiger partial charge in [0.15, 0.2) is 5.75 Å². The molecule has 0 aliphatic carbocycles. The molecule has 0 fully saturated rings. The van der Waals surface area contributed by atoms with Gasteiger partial charge in [-0.15, -0.1) is 11.8 Å². The van der Waals surface area contributed by atoms with E-state index >= 15 is 0 Å². The molecule has 31 heavy (non-hydrogen) atoms. The molecule has 0 unspecified atom stereocenters. The van der Waals surface area contributed by atoms with Gasteiger partial charge < -0.3 is 4.18 Å². The highest BCUT2D eigenvalue weighted by Gasteiger charge is 2.14. The van der Waals surface area contributed by atoms with E-state index in [0.717, 1.165) is 22.3 Å². The van der Waals surface area contributed by atoms with E-state index in [2.05, 4.69) is 16.5 Å². The van der Waals surface area contributed by atoms with Gasteiger partial charge in [-0.05, 0) is 54.3 Å². The number of nitriles is 1. The number of anilines is 1. The number of fused-ring (bicyclic) bond motifs is 1. The SMILES string of the molecule is CSc1cc(-c2cc(Nn3cnc4ccccc43)ccc2C#N)ccc1OS(N)(=O)=O. The Labute approximate surface area is 183 Å². The fraction of sp³-hybridized carbons (Fsp3) is 0.0476. The molecule has 0 atom stereocenters. The van der Waals surface area contributed by atoms with Gasteiger partial charge in [-0.3, -0.25) is 5.43 Å². The van der Waals surface area contributed by atoms with E-state index in [-0.39, 0.29) is 5.75 Å². The minimum atomic E-state index is -4.14. The summed E-state index contributed by atoms with van der Waals surface area (Å²) in [5.74, 6) is 0.136. The summed E-state index contributed by atoms with van der Waals surface area (Å²) in [6.45, 7) is 0. The number of imidazole rings is 1. The van der Waals surface area contributed by atoms with E-state index in [1.165, 1.54) is 17.8 Å². The molecule has 0 spiro atoms. The van der Waals surface area contributed by atoms with E-state index in [0.29, 0.717) is 16.0 Å². The third-order valence-electron chi connectivity index (χ3n) is 4.52. The van der Waals surface area contributed by atoms with Crippen LogP contribution in [0.1, 0.15) is 5.56 Å². The van der Waals surface area contributed by atoms with Crippen molar-refractivity contribution in [3.05, 3.63) is 72.6 Å². The molecule has 4 aromatic rings. The largest absolute Gasteiger partial charge is 0.380 e. The van der Waals surface area contributed by atoms with Crippen LogP contribution in [0, 0.1) is 11.3 Å². The molecule has 0 bridgehead atoms. The minimum absolute atomic E-state index is 0.136. The van der Waals surface area contributed by atoms with E-state index in [9.17, 15) is 13.7 Å². The second-order valence-electron chi connectivity index (χ2n) is 6.53. The molecule has 0 saturated heterocycles. The molecule has 0 aliphatic rings. The highest BCUT2D eigenvalue weighted by atomic mass is 32.2. The Morgan fingerprint density at radius 3 is 2.71 bits per heavy atom. The van der Waals surface area contributed by atoms with E-state index in [1.54, 1.807) is 35.5 Å². The van der Waals surface area contributed by atoms with Gasteiger partial charge in [0.05, 0.1) is 33.2 Å². The highest BCUT2D eigenvalue weighted by Crippen LogP contribution is 2.35. The lowest BCUT2D eigenvalue weighted by atomic mass is 9.99. The van der Waals surface area contributed by atoms with Crippen molar-refractivity contribution < 1.29 is 12.6 Å². The first-order chi connectivity index (χ1) is 14.9. The molecular formula is C21H17N5O3S2. The van der Waals surface area contributed by atoms with Gasteiger partial charge in [0, 0.05) is 5.56 Å². The number of benzene rings is 3. The van der Waals surface area contributed by atoms with Gasteiger partial charge in [-0.1, -0.05) is 18.2 Å². The predicted octanol–water partition coefficient (Wildman–Crippen LogP) is 3.75. The lowest BCUT2D eigenvalue weighted by Gasteiger charge is -2.13. The van der Waals surface area contributed by atoms with Crippen LogP contribution in [0.3, 0.4) is 0 Å². The van der Waals surface area contributed by atoms with Gasteiger partial charge in [0.1, 0.15) is 6.33 Å². The molecule has 1 heterocycles. The van der Waals surface area contributed by atoms with Gasteiger partial charge in [0.25, 0.3) is 0 Å². The standard InChI is InChI=1S/C21H17N5O3S2/c1-30-21-10-14(7-9-20(21)29-31(23,27)28)17-11-16(8-6-15(17)12-22)25-26-13-24-18-4-2-3-5-19(18)26/h2-11,13,25H,1H3,(H2,23,27,28). The maximum Gasteiger partial charge on any atom is 0.380 e. The molecule has 0 saturated carbocycles. The number of nitrogens with one attached hydrogen (secondary N) is 1. The van der Waals surface area contributed by atoms with Crippen molar-refractivity contribution in [2.75, 3.05) is 11.7 Å². The summed E-state index contributed by atoms with van der Waals surface area (Å²) in [5, 5.41) is 14.6. The highest BCUT2D eigenvalue weighted by molar-refractivity contribution is 7.98. The quantitative estimate of drug-likeness (QED) is 0.428. The third-order valence-corrected chi connectivity index (χ3v) is 5.69.